The molecule has 170 valence electrons. The Hall–Kier alpha value is -4.09. The van der Waals surface area contributed by atoms with Crippen molar-refractivity contribution in [3.8, 4) is 6.07 Å². The number of hydrogen-bond donors (Lipinski definition) is 2. The van der Waals surface area contributed by atoms with Crippen molar-refractivity contribution in [3.05, 3.63) is 96.1 Å². The number of nitriles is 1. The third-order valence-electron chi connectivity index (χ3n) is 5.51. The highest BCUT2D eigenvalue weighted by Crippen LogP contribution is 2.33. The van der Waals surface area contributed by atoms with E-state index < -0.39 is 29.9 Å². The van der Waals surface area contributed by atoms with E-state index in [1.54, 1.807) is 30.3 Å². The number of hydrogen-bond acceptors (Lipinski definition) is 5. The SMILES string of the molecule is N#CCSc1ccccc1NC(=O)CN1C(=O)NC(Cc2ccccc2)(c2ccccc2)C1=O. The van der Waals surface area contributed by atoms with Gasteiger partial charge in [0, 0.05) is 11.3 Å². The van der Waals surface area contributed by atoms with Gasteiger partial charge >= 0.3 is 6.03 Å². The average Bonchev–Trinajstić information content (AvgIpc) is 3.09. The highest BCUT2D eigenvalue weighted by atomic mass is 32.2. The van der Waals surface area contributed by atoms with Crippen LogP contribution in [0.4, 0.5) is 10.5 Å². The zero-order chi connectivity index (χ0) is 24.0. The number of imide groups is 1. The van der Waals surface area contributed by atoms with Crippen molar-refractivity contribution in [1.82, 2.24) is 10.2 Å². The Morgan fingerprint density at radius 2 is 1.62 bits per heavy atom. The number of urea groups is 1. The molecule has 1 heterocycles. The number of anilines is 1. The van der Waals surface area contributed by atoms with Crippen LogP contribution >= 0.6 is 11.8 Å². The summed E-state index contributed by atoms with van der Waals surface area (Å²) >= 11 is 1.30. The second-order valence-electron chi connectivity index (χ2n) is 7.75. The largest absolute Gasteiger partial charge is 0.325 e. The second kappa shape index (κ2) is 10.2. The van der Waals surface area contributed by atoms with Crippen LogP contribution in [0.15, 0.2) is 89.8 Å². The van der Waals surface area contributed by atoms with Gasteiger partial charge in [-0.2, -0.15) is 5.26 Å². The van der Waals surface area contributed by atoms with Crippen LogP contribution in [-0.2, 0) is 21.5 Å². The highest BCUT2D eigenvalue weighted by molar-refractivity contribution is 7.99. The third-order valence-corrected chi connectivity index (χ3v) is 6.45. The Morgan fingerprint density at radius 1 is 0.971 bits per heavy atom. The minimum absolute atomic E-state index is 0.235. The van der Waals surface area contributed by atoms with E-state index in [1.165, 1.54) is 11.8 Å². The maximum Gasteiger partial charge on any atom is 0.325 e. The highest BCUT2D eigenvalue weighted by Gasteiger charge is 2.52. The summed E-state index contributed by atoms with van der Waals surface area (Å²) in [5, 5.41) is 14.5. The van der Waals surface area contributed by atoms with Gasteiger partial charge in [0.15, 0.2) is 5.54 Å². The van der Waals surface area contributed by atoms with Gasteiger partial charge < -0.3 is 10.6 Å². The number of rotatable bonds is 8. The van der Waals surface area contributed by atoms with Crippen molar-refractivity contribution in [2.24, 2.45) is 0 Å². The van der Waals surface area contributed by atoms with E-state index in [2.05, 4.69) is 16.7 Å². The van der Waals surface area contributed by atoms with E-state index in [9.17, 15) is 14.4 Å². The van der Waals surface area contributed by atoms with Crippen LogP contribution in [0.2, 0.25) is 0 Å². The zero-order valence-electron chi connectivity index (χ0n) is 18.2. The Bertz CT molecular complexity index is 1240. The molecule has 0 spiro atoms. The monoisotopic (exact) mass is 470 g/mol. The standard InChI is InChI=1S/C26H22N4O3S/c27-15-16-34-22-14-8-7-13-21(22)28-23(31)18-30-24(32)26(29-25(30)33,20-11-5-2-6-12-20)17-19-9-3-1-4-10-19/h1-14H,16-18H2,(H,28,31)(H,29,33). The number of carbonyl (C=O) groups is 3. The topological polar surface area (TPSA) is 102 Å². The summed E-state index contributed by atoms with van der Waals surface area (Å²) in [7, 11) is 0. The lowest BCUT2D eigenvalue weighted by atomic mass is 9.83. The van der Waals surface area contributed by atoms with Crippen molar-refractivity contribution in [3.63, 3.8) is 0 Å². The molecule has 1 aliphatic rings. The van der Waals surface area contributed by atoms with Gasteiger partial charge in [0.05, 0.1) is 17.5 Å². The molecule has 1 fully saturated rings. The van der Waals surface area contributed by atoms with E-state index in [-0.39, 0.29) is 12.2 Å². The van der Waals surface area contributed by atoms with E-state index in [1.807, 2.05) is 54.6 Å². The van der Waals surface area contributed by atoms with Crippen molar-refractivity contribution in [1.29, 1.82) is 5.26 Å². The number of nitrogens with one attached hydrogen (secondary N) is 2. The molecule has 7 nitrogen and oxygen atoms in total. The molecule has 0 saturated carbocycles. The van der Waals surface area contributed by atoms with Crippen LogP contribution < -0.4 is 10.6 Å². The summed E-state index contributed by atoms with van der Waals surface area (Å²) in [5.41, 5.74) is 0.757. The van der Waals surface area contributed by atoms with Gasteiger partial charge in [0.25, 0.3) is 5.91 Å². The summed E-state index contributed by atoms with van der Waals surface area (Å²) in [4.78, 5) is 41.1. The van der Waals surface area contributed by atoms with E-state index in [4.69, 9.17) is 5.26 Å². The molecule has 0 radical (unpaired) electrons. The lowest BCUT2D eigenvalue weighted by molar-refractivity contribution is -0.134. The van der Waals surface area contributed by atoms with E-state index in [0.29, 0.717) is 11.3 Å². The van der Waals surface area contributed by atoms with Crippen molar-refractivity contribution in [2.45, 2.75) is 16.9 Å². The quantitative estimate of drug-likeness (QED) is 0.384. The van der Waals surface area contributed by atoms with Gasteiger partial charge in [-0.05, 0) is 23.3 Å². The van der Waals surface area contributed by atoms with Crippen molar-refractivity contribution in [2.75, 3.05) is 17.6 Å². The summed E-state index contributed by atoms with van der Waals surface area (Å²) in [6.45, 7) is -0.425. The first kappa shape index (κ1) is 23.1. The third kappa shape index (κ3) is 4.80. The molecule has 0 bridgehead atoms. The molecule has 4 amide bonds. The predicted molar refractivity (Wildman–Crippen MR) is 130 cm³/mol. The molecule has 8 heteroatoms. The van der Waals surface area contributed by atoms with Crippen LogP contribution in [0, 0.1) is 11.3 Å². The molecule has 1 saturated heterocycles. The minimum Gasteiger partial charge on any atom is -0.324 e. The van der Waals surface area contributed by atoms with Gasteiger partial charge in [-0.25, -0.2) is 4.79 Å². The van der Waals surface area contributed by atoms with Crippen LogP contribution in [-0.4, -0.2) is 35.0 Å². The molecule has 1 unspecified atom stereocenters. The van der Waals surface area contributed by atoms with Crippen LogP contribution in [0.25, 0.3) is 0 Å². The normalized spacial score (nSPS) is 17.2. The number of nitrogens with zero attached hydrogens (tertiary/aromatic N) is 2. The van der Waals surface area contributed by atoms with E-state index in [0.717, 1.165) is 15.4 Å². The first-order valence-corrected chi connectivity index (χ1v) is 11.6. The molecule has 34 heavy (non-hydrogen) atoms. The fourth-order valence-electron chi connectivity index (χ4n) is 3.95. The Morgan fingerprint density at radius 3 is 2.32 bits per heavy atom. The van der Waals surface area contributed by atoms with E-state index >= 15 is 0 Å². The molecule has 1 aliphatic heterocycles. The van der Waals surface area contributed by atoms with Gasteiger partial charge in [-0.15, -0.1) is 11.8 Å². The average molecular weight is 471 g/mol. The fourth-order valence-corrected chi connectivity index (χ4v) is 4.62. The molecular weight excluding hydrogens is 448 g/mol. The number of amides is 4. The number of thioether (sulfide) groups is 1. The Kier molecular flexibility index (Phi) is 6.95. The van der Waals surface area contributed by atoms with Gasteiger partial charge in [0.2, 0.25) is 5.91 Å². The fraction of sp³-hybridized carbons (Fsp3) is 0.154. The number of carbonyl (C=O) groups excluding carboxylic acids is 3. The minimum atomic E-state index is -1.31. The Labute approximate surface area is 201 Å². The molecule has 3 aromatic rings. The summed E-state index contributed by atoms with van der Waals surface area (Å²) < 4.78 is 0. The molecule has 1 atom stereocenters. The maximum atomic E-state index is 13.7. The zero-order valence-corrected chi connectivity index (χ0v) is 19.0. The molecule has 0 aliphatic carbocycles. The van der Waals surface area contributed by atoms with Gasteiger partial charge in [0.1, 0.15) is 6.54 Å². The summed E-state index contributed by atoms with van der Waals surface area (Å²) in [5.74, 6) is -0.745. The van der Waals surface area contributed by atoms with Crippen LogP contribution in [0.1, 0.15) is 11.1 Å². The first-order chi connectivity index (χ1) is 16.5. The van der Waals surface area contributed by atoms with Gasteiger partial charge in [-0.1, -0.05) is 72.8 Å². The van der Waals surface area contributed by atoms with Crippen LogP contribution in [0.5, 0.6) is 0 Å². The molecule has 0 aromatic heterocycles. The van der Waals surface area contributed by atoms with Crippen molar-refractivity contribution < 1.29 is 14.4 Å². The molecular formula is C26H22N4O3S. The lowest BCUT2D eigenvalue weighted by Gasteiger charge is -2.27. The molecule has 4 rings (SSSR count). The van der Waals surface area contributed by atoms with Crippen molar-refractivity contribution >= 4 is 35.3 Å². The predicted octanol–water partition coefficient (Wildman–Crippen LogP) is 3.93. The summed E-state index contributed by atoms with van der Waals surface area (Å²) in [6, 6.07) is 27.0. The first-order valence-electron chi connectivity index (χ1n) is 10.7. The molecule has 2 N–H and O–H groups in total. The Balaban J connectivity index is 1.57. The number of para-hydroxylation sites is 1. The smallest absolute Gasteiger partial charge is 0.324 e. The summed E-state index contributed by atoms with van der Waals surface area (Å²) in [6.07, 6.45) is 0.258. The maximum absolute atomic E-state index is 13.7. The van der Waals surface area contributed by atoms with Crippen LogP contribution in [0.3, 0.4) is 0 Å². The number of benzene rings is 3. The lowest BCUT2D eigenvalue weighted by Crippen LogP contribution is -2.46. The van der Waals surface area contributed by atoms with Gasteiger partial charge in [-0.3, -0.25) is 14.5 Å². The molecule has 3 aromatic carbocycles. The second-order valence-corrected chi connectivity index (χ2v) is 8.76.